The van der Waals surface area contributed by atoms with Gasteiger partial charge in [-0.15, -0.1) is 0 Å². The molecule has 2 rings (SSSR count). The summed E-state index contributed by atoms with van der Waals surface area (Å²) in [5.41, 5.74) is 4.89. The number of nitrogens with zero attached hydrogens (tertiary/aromatic N) is 2. The van der Waals surface area contributed by atoms with Crippen LogP contribution in [-0.2, 0) is 16.6 Å². The molecule has 1 aromatic rings. The lowest BCUT2D eigenvalue weighted by Crippen LogP contribution is -2.55. The number of aliphatic hydroxyl groups is 1. The largest absolute Gasteiger partial charge is 0.394 e. The average Bonchev–Trinajstić information content (AvgIpc) is 2.66. The van der Waals surface area contributed by atoms with Crippen molar-refractivity contribution in [2.45, 2.75) is 43.2 Å². The van der Waals surface area contributed by atoms with E-state index in [4.69, 9.17) is 5.73 Å². The molecule has 0 aliphatic heterocycles. The molecular weight excluding hydrogens is 256 g/mol. The van der Waals surface area contributed by atoms with Crippen LogP contribution in [0.3, 0.4) is 0 Å². The van der Waals surface area contributed by atoms with Crippen LogP contribution < -0.4 is 10.5 Å². The van der Waals surface area contributed by atoms with Crippen molar-refractivity contribution in [2.24, 2.45) is 0 Å². The smallest absolute Gasteiger partial charge is 0.246 e. The minimum absolute atomic E-state index is 0.0169. The number of hydrogen-bond donors (Lipinski definition) is 3. The third kappa shape index (κ3) is 2.23. The Bertz CT molecular complexity index is 528. The van der Waals surface area contributed by atoms with E-state index in [2.05, 4.69) is 9.82 Å². The molecule has 1 heterocycles. The highest BCUT2D eigenvalue weighted by Gasteiger charge is 2.41. The highest BCUT2D eigenvalue weighted by atomic mass is 32.2. The molecule has 0 unspecified atom stereocenters. The fraction of sp³-hybridized carbons (Fsp3) is 0.700. The van der Waals surface area contributed by atoms with Crippen LogP contribution in [0.2, 0.25) is 0 Å². The molecule has 1 fully saturated rings. The van der Waals surface area contributed by atoms with E-state index in [1.165, 1.54) is 10.9 Å². The first-order chi connectivity index (χ1) is 8.42. The predicted molar refractivity (Wildman–Crippen MR) is 66.3 cm³/mol. The summed E-state index contributed by atoms with van der Waals surface area (Å²) in [5, 5.41) is 13.2. The fourth-order valence-electron chi connectivity index (χ4n) is 2.02. The summed E-state index contributed by atoms with van der Waals surface area (Å²) in [5.74, 6) is -0.0169. The van der Waals surface area contributed by atoms with Gasteiger partial charge in [-0.3, -0.25) is 4.68 Å². The van der Waals surface area contributed by atoms with E-state index < -0.39 is 15.6 Å². The van der Waals surface area contributed by atoms with Gasteiger partial charge in [0.2, 0.25) is 10.0 Å². The van der Waals surface area contributed by atoms with Crippen LogP contribution in [0.5, 0.6) is 0 Å². The summed E-state index contributed by atoms with van der Waals surface area (Å²) in [7, 11) is -3.73. The van der Waals surface area contributed by atoms with Gasteiger partial charge in [0, 0.05) is 12.7 Å². The summed E-state index contributed by atoms with van der Waals surface area (Å²) in [6.45, 7) is 2.19. The SMILES string of the molecule is CCn1cc(S(=O)(=O)NC2(CO)CCC2)c(N)n1. The molecule has 0 bridgehead atoms. The van der Waals surface area contributed by atoms with E-state index in [-0.39, 0.29) is 17.3 Å². The van der Waals surface area contributed by atoms with Crippen molar-refractivity contribution in [1.82, 2.24) is 14.5 Å². The number of nitrogens with two attached hydrogens (primary N) is 1. The Hall–Kier alpha value is -1.12. The fourth-order valence-corrected chi connectivity index (χ4v) is 3.55. The van der Waals surface area contributed by atoms with Crippen molar-refractivity contribution in [3.05, 3.63) is 6.20 Å². The first kappa shape index (κ1) is 13.3. The second kappa shape index (κ2) is 4.52. The zero-order valence-electron chi connectivity index (χ0n) is 10.3. The number of nitrogens with one attached hydrogen (secondary N) is 1. The Balaban J connectivity index is 2.27. The van der Waals surface area contributed by atoms with Crippen LogP contribution in [0.1, 0.15) is 26.2 Å². The molecule has 7 nitrogen and oxygen atoms in total. The van der Waals surface area contributed by atoms with Crippen LogP contribution in [0.15, 0.2) is 11.1 Å². The van der Waals surface area contributed by atoms with E-state index >= 15 is 0 Å². The molecule has 18 heavy (non-hydrogen) atoms. The molecule has 0 atom stereocenters. The molecule has 102 valence electrons. The molecule has 4 N–H and O–H groups in total. The maximum atomic E-state index is 12.2. The van der Waals surface area contributed by atoms with Gasteiger partial charge in [0.05, 0.1) is 12.1 Å². The maximum absolute atomic E-state index is 12.2. The number of rotatable bonds is 5. The molecule has 1 saturated carbocycles. The molecule has 1 aromatic heterocycles. The molecule has 1 aliphatic carbocycles. The van der Waals surface area contributed by atoms with Crippen molar-refractivity contribution in [3.8, 4) is 0 Å². The van der Waals surface area contributed by atoms with Crippen LogP contribution in [0, 0.1) is 0 Å². The van der Waals surface area contributed by atoms with E-state index in [1.807, 2.05) is 6.92 Å². The third-order valence-corrected chi connectivity index (χ3v) is 4.93. The third-order valence-electron chi connectivity index (χ3n) is 3.33. The van der Waals surface area contributed by atoms with Gasteiger partial charge < -0.3 is 10.8 Å². The van der Waals surface area contributed by atoms with E-state index in [0.717, 1.165) is 6.42 Å². The number of nitrogen functional groups attached to an aromatic ring is 1. The van der Waals surface area contributed by atoms with Crippen molar-refractivity contribution in [1.29, 1.82) is 0 Å². The number of sulfonamides is 1. The lowest BCUT2D eigenvalue weighted by molar-refractivity contribution is 0.110. The molecule has 0 amide bonds. The Morgan fingerprint density at radius 3 is 2.67 bits per heavy atom. The number of anilines is 1. The lowest BCUT2D eigenvalue weighted by atomic mass is 9.78. The summed E-state index contributed by atoms with van der Waals surface area (Å²) < 4.78 is 28.4. The highest BCUT2D eigenvalue weighted by Crippen LogP contribution is 2.33. The van der Waals surface area contributed by atoms with Gasteiger partial charge in [0.1, 0.15) is 4.90 Å². The van der Waals surface area contributed by atoms with E-state index in [1.54, 1.807) is 0 Å². The zero-order valence-corrected chi connectivity index (χ0v) is 11.1. The average molecular weight is 274 g/mol. The number of aromatic nitrogens is 2. The molecule has 1 aliphatic rings. The maximum Gasteiger partial charge on any atom is 0.246 e. The Morgan fingerprint density at radius 1 is 1.61 bits per heavy atom. The van der Waals surface area contributed by atoms with Crippen LogP contribution >= 0.6 is 0 Å². The minimum atomic E-state index is -3.73. The number of aliphatic hydroxyl groups excluding tert-OH is 1. The highest BCUT2D eigenvalue weighted by molar-refractivity contribution is 7.89. The van der Waals surface area contributed by atoms with Gasteiger partial charge in [0.15, 0.2) is 5.82 Å². The molecule has 0 saturated heterocycles. The van der Waals surface area contributed by atoms with Gasteiger partial charge in [-0.1, -0.05) is 0 Å². The predicted octanol–water partition coefficient (Wildman–Crippen LogP) is -0.321. The minimum Gasteiger partial charge on any atom is -0.394 e. The quantitative estimate of drug-likeness (QED) is 0.681. The zero-order chi connectivity index (χ0) is 13.4. The van der Waals surface area contributed by atoms with E-state index in [0.29, 0.717) is 19.4 Å². The Morgan fingerprint density at radius 2 is 2.28 bits per heavy atom. The van der Waals surface area contributed by atoms with Gasteiger partial charge in [-0.05, 0) is 26.2 Å². The molecule has 8 heteroatoms. The molecule has 0 spiro atoms. The second-order valence-electron chi connectivity index (χ2n) is 4.63. The first-order valence-electron chi connectivity index (χ1n) is 5.90. The van der Waals surface area contributed by atoms with Crippen LogP contribution in [-0.4, -0.2) is 35.5 Å². The first-order valence-corrected chi connectivity index (χ1v) is 7.38. The Labute approximate surface area is 106 Å². The summed E-state index contributed by atoms with van der Waals surface area (Å²) in [6, 6.07) is 0. The van der Waals surface area contributed by atoms with Gasteiger partial charge >= 0.3 is 0 Å². The summed E-state index contributed by atoms with van der Waals surface area (Å²) in [4.78, 5) is -0.0240. The van der Waals surface area contributed by atoms with Gasteiger partial charge in [-0.2, -0.15) is 5.10 Å². The van der Waals surface area contributed by atoms with Crippen LogP contribution in [0.4, 0.5) is 5.82 Å². The standard InChI is InChI=1S/C10H18N4O3S/c1-2-14-6-8(9(11)12-14)18(16,17)13-10(7-15)4-3-5-10/h6,13,15H,2-5,7H2,1H3,(H2,11,12). The number of aryl methyl sites for hydroxylation is 1. The van der Waals surface area contributed by atoms with Crippen molar-refractivity contribution in [2.75, 3.05) is 12.3 Å². The summed E-state index contributed by atoms with van der Waals surface area (Å²) in [6.07, 6.45) is 3.60. The van der Waals surface area contributed by atoms with Crippen molar-refractivity contribution >= 4 is 15.8 Å². The monoisotopic (exact) mass is 274 g/mol. The molecule has 0 radical (unpaired) electrons. The summed E-state index contributed by atoms with van der Waals surface area (Å²) >= 11 is 0. The van der Waals surface area contributed by atoms with Gasteiger partial charge in [0.25, 0.3) is 0 Å². The topological polar surface area (TPSA) is 110 Å². The molecular formula is C10H18N4O3S. The van der Waals surface area contributed by atoms with Gasteiger partial charge in [-0.25, -0.2) is 13.1 Å². The van der Waals surface area contributed by atoms with Crippen molar-refractivity contribution in [3.63, 3.8) is 0 Å². The normalized spacial score (nSPS) is 18.6. The lowest BCUT2D eigenvalue weighted by Gasteiger charge is -2.40. The van der Waals surface area contributed by atoms with Crippen LogP contribution in [0.25, 0.3) is 0 Å². The molecule has 0 aromatic carbocycles. The number of hydrogen-bond acceptors (Lipinski definition) is 5. The van der Waals surface area contributed by atoms with E-state index in [9.17, 15) is 13.5 Å². The second-order valence-corrected chi connectivity index (χ2v) is 6.28. The van der Waals surface area contributed by atoms with Crippen molar-refractivity contribution < 1.29 is 13.5 Å². The Kier molecular flexibility index (Phi) is 3.35.